The Hall–Kier alpha value is -3.39. The largest absolute Gasteiger partial charge is 0.573 e. The summed E-state index contributed by atoms with van der Waals surface area (Å²) in [4.78, 5) is 32.9. The van der Waals surface area contributed by atoms with Gasteiger partial charge in [-0.15, -0.1) is 13.2 Å². The summed E-state index contributed by atoms with van der Waals surface area (Å²) >= 11 is 1.21. The summed E-state index contributed by atoms with van der Waals surface area (Å²) in [5.74, 6) is -0.829. The molecule has 0 radical (unpaired) electrons. The van der Waals surface area contributed by atoms with Crippen LogP contribution in [-0.4, -0.2) is 66.4 Å². The minimum Gasteiger partial charge on any atom is -0.465 e. The van der Waals surface area contributed by atoms with Crippen molar-refractivity contribution in [3.8, 4) is 5.75 Å². The molecule has 14 heteroatoms. The van der Waals surface area contributed by atoms with Gasteiger partial charge in [-0.1, -0.05) is 16.5 Å². The first-order valence-electron chi connectivity index (χ1n) is 16.3. The van der Waals surface area contributed by atoms with E-state index in [1.807, 2.05) is 0 Å². The standard InChI is InChI=1S/C33H36F3N3O7S/c1-42-28(40)18-13-22(45-33(34,35)36)25-23(14-18)47-30(37-25)39-19-5-6-20(39)16-21(15-19)44-29(41)24-26(17-3-4-17)46-38-27(24)31-7-10-32(43-2,11-8-31)12-9-31/h13-14,17,19-21H,3-12,15-16H2,1-2H3/t19-,20+,21?,31?,32?. The number of carbonyl (C=O) groups is 2. The number of aromatic nitrogens is 2. The first kappa shape index (κ1) is 30.9. The van der Waals surface area contributed by atoms with Crippen LogP contribution in [0.15, 0.2) is 16.7 Å². The molecule has 1 aromatic carbocycles. The first-order chi connectivity index (χ1) is 22.5. The maximum absolute atomic E-state index is 14.0. The van der Waals surface area contributed by atoms with Crippen molar-refractivity contribution < 1.29 is 46.2 Å². The molecule has 4 saturated carbocycles. The van der Waals surface area contributed by atoms with Gasteiger partial charge in [-0.3, -0.25) is 0 Å². The zero-order valence-electron chi connectivity index (χ0n) is 26.2. The van der Waals surface area contributed by atoms with Crippen LogP contribution in [0.2, 0.25) is 0 Å². The number of benzene rings is 1. The Labute approximate surface area is 272 Å². The van der Waals surface area contributed by atoms with Crippen LogP contribution >= 0.6 is 11.3 Å². The highest BCUT2D eigenvalue weighted by Gasteiger charge is 2.54. The summed E-state index contributed by atoms with van der Waals surface area (Å²) in [6.45, 7) is 0. The average molecular weight is 676 g/mol. The number of alkyl halides is 3. The Balaban J connectivity index is 1.03. The molecule has 252 valence electrons. The van der Waals surface area contributed by atoms with E-state index in [1.165, 1.54) is 17.4 Å². The van der Waals surface area contributed by atoms with Crippen molar-refractivity contribution >= 4 is 38.6 Å². The van der Waals surface area contributed by atoms with E-state index in [2.05, 4.69) is 19.8 Å². The van der Waals surface area contributed by atoms with Crippen LogP contribution in [0.3, 0.4) is 0 Å². The topological polar surface area (TPSA) is 113 Å². The quantitative estimate of drug-likeness (QED) is 0.227. The van der Waals surface area contributed by atoms with Gasteiger partial charge in [0.2, 0.25) is 0 Å². The van der Waals surface area contributed by atoms with Gasteiger partial charge in [0, 0.05) is 43.4 Å². The minimum absolute atomic E-state index is 0.0125. The third-order valence-corrected chi connectivity index (χ3v) is 12.3. The molecule has 2 saturated heterocycles. The molecule has 1 unspecified atom stereocenters. The number of methoxy groups -OCH3 is 2. The molecule has 4 bridgehead atoms. The maximum Gasteiger partial charge on any atom is 0.573 e. The third-order valence-electron chi connectivity index (χ3n) is 11.3. The Kier molecular flexibility index (Phi) is 7.29. The summed E-state index contributed by atoms with van der Waals surface area (Å²) in [5, 5.41) is 5.10. The van der Waals surface area contributed by atoms with E-state index in [9.17, 15) is 22.8 Å². The Morgan fingerprint density at radius 2 is 1.66 bits per heavy atom. The Bertz CT molecular complexity index is 1690. The average Bonchev–Trinajstić information content (AvgIpc) is 3.53. The number of thiazole rings is 1. The molecule has 9 rings (SSSR count). The van der Waals surface area contributed by atoms with Crippen molar-refractivity contribution in [2.24, 2.45) is 0 Å². The number of halogens is 3. The molecule has 0 N–H and O–H groups in total. The van der Waals surface area contributed by atoms with E-state index in [1.54, 1.807) is 7.11 Å². The first-order valence-corrected chi connectivity index (χ1v) is 17.2. The lowest BCUT2D eigenvalue weighted by molar-refractivity contribution is -0.274. The number of anilines is 1. The van der Waals surface area contributed by atoms with Gasteiger partial charge in [-0.25, -0.2) is 14.6 Å². The summed E-state index contributed by atoms with van der Waals surface area (Å²) < 4.78 is 67.3. The van der Waals surface area contributed by atoms with Crippen molar-refractivity contribution in [3.05, 3.63) is 34.7 Å². The molecule has 0 amide bonds. The van der Waals surface area contributed by atoms with Gasteiger partial charge in [-0.05, 0) is 76.3 Å². The van der Waals surface area contributed by atoms with Gasteiger partial charge >= 0.3 is 18.3 Å². The highest BCUT2D eigenvalue weighted by Crippen LogP contribution is 2.56. The highest BCUT2D eigenvalue weighted by atomic mass is 32.1. The van der Waals surface area contributed by atoms with Gasteiger partial charge in [0.15, 0.2) is 16.6 Å². The molecular weight excluding hydrogens is 639 g/mol. The van der Waals surface area contributed by atoms with E-state index in [4.69, 9.17) is 18.7 Å². The molecule has 0 spiro atoms. The van der Waals surface area contributed by atoms with Crippen LogP contribution in [-0.2, 0) is 19.6 Å². The normalized spacial score (nSPS) is 30.1. The van der Waals surface area contributed by atoms with Gasteiger partial charge < -0.3 is 28.4 Å². The molecule has 47 heavy (non-hydrogen) atoms. The predicted molar refractivity (Wildman–Crippen MR) is 163 cm³/mol. The fraction of sp³-hybridized carbons (Fsp3) is 0.636. The number of nitrogens with zero attached hydrogens (tertiary/aromatic N) is 3. The van der Waals surface area contributed by atoms with Crippen molar-refractivity contribution in [3.63, 3.8) is 0 Å². The molecule has 10 nitrogen and oxygen atoms in total. The molecular formula is C33H36F3N3O7S. The van der Waals surface area contributed by atoms with E-state index in [0.29, 0.717) is 34.0 Å². The van der Waals surface area contributed by atoms with Gasteiger partial charge in [0.25, 0.3) is 0 Å². The van der Waals surface area contributed by atoms with Gasteiger partial charge in [0.05, 0.1) is 23.0 Å². The number of carbonyl (C=O) groups excluding carboxylic acids is 2. The van der Waals surface area contributed by atoms with Crippen LogP contribution in [0.1, 0.15) is 115 Å². The number of fused-ring (bicyclic) bond motifs is 6. The van der Waals surface area contributed by atoms with Crippen LogP contribution in [0.4, 0.5) is 18.3 Å². The van der Waals surface area contributed by atoms with E-state index in [-0.39, 0.29) is 52.2 Å². The second kappa shape index (κ2) is 11.1. The van der Waals surface area contributed by atoms with Crippen LogP contribution in [0.5, 0.6) is 5.75 Å². The van der Waals surface area contributed by atoms with E-state index in [0.717, 1.165) is 83.1 Å². The van der Waals surface area contributed by atoms with Crippen LogP contribution in [0.25, 0.3) is 10.2 Å². The number of ether oxygens (including phenoxy) is 4. The molecule has 2 aliphatic heterocycles. The van der Waals surface area contributed by atoms with Crippen LogP contribution < -0.4 is 9.64 Å². The zero-order valence-corrected chi connectivity index (χ0v) is 27.0. The summed E-state index contributed by atoms with van der Waals surface area (Å²) in [7, 11) is 2.95. The molecule has 6 aliphatic rings. The third kappa shape index (κ3) is 5.35. The SMILES string of the molecule is COC(=O)c1cc(OC(F)(F)F)c2nc(N3[C@@H]4CC[C@H]3CC(OC(=O)c3c(C56CCC(OC)(CC5)CC6)noc3C3CC3)C4)sc2c1. The van der Waals surface area contributed by atoms with Crippen molar-refractivity contribution in [1.82, 2.24) is 10.1 Å². The Morgan fingerprint density at radius 1 is 0.979 bits per heavy atom. The second-order valence-electron chi connectivity index (χ2n) is 13.9. The van der Waals surface area contributed by atoms with Crippen molar-refractivity contribution in [1.29, 1.82) is 0 Å². The van der Waals surface area contributed by atoms with Crippen LogP contribution in [0, 0.1) is 0 Å². The van der Waals surface area contributed by atoms with Crippen molar-refractivity contribution in [2.45, 2.75) is 119 Å². The number of hydrogen-bond donors (Lipinski definition) is 0. The number of rotatable bonds is 8. The lowest BCUT2D eigenvalue weighted by atomic mass is 9.57. The fourth-order valence-electron chi connectivity index (χ4n) is 8.58. The predicted octanol–water partition coefficient (Wildman–Crippen LogP) is 7.19. The number of piperidine rings is 1. The lowest BCUT2D eigenvalue weighted by Gasteiger charge is -2.52. The molecule has 3 aromatic rings. The Morgan fingerprint density at radius 3 is 2.26 bits per heavy atom. The minimum atomic E-state index is -4.96. The molecule has 4 aliphatic carbocycles. The zero-order chi connectivity index (χ0) is 32.7. The molecule has 6 fully saturated rings. The van der Waals surface area contributed by atoms with Gasteiger partial charge in [-0.2, -0.15) is 0 Å². The number of hydrogen-bond acceptors (Lipinski definition) is 11. The smallest absolute Gasteiger partial charge is 0.465 e. The fourth-order valence-corrected chi connectivity index (χ4v) is 9.75. The summed E-state index contributed by atoms with van der Waals surface area (Å²) in [6.07, 6.45) is 4.97. The summed E-state index contributed by atoms with van der Waals surface area (Å²) in [5.41, 5.74) is 0.983. The van der Waals surface area contributed by atoms with Gasteiger partial charge in [0.1, 0.15) is 22.9 Å². The summed E-state index contributed by atoms with van der Waals surface area (Å²) in [6, 6.07) is 2.46. The molecule has 4 heterocycles. The highest BCUT2D eigenvalue weighted by molar-refractivity contribution is 7.22. The number of esters is 2. The molecule has 3 atom stereocenters. The second-order valence-corrected chi connectivity index (χ2v) is 14.9. The molecule has 2 aromatic heterocycles. The van der Waals surface area contributed by atoms with E-state index >= 15 is 0 Å². The maximum atomic E-state index is 14.0. The van der Waals surface area contributed by atoms with E-state index < -0.39 is 18.1 Å². The monoisotopic (exact) mass is 675 g/mol. The van der Waals surface area contributed by atoms with Crippen molar-refractivity contribution in [2.75, 3.05) is 19.1 Å². The lowest BCUT2D eigenvalue weighted by Crippen LogP contribution is -2.50.